The average molecular weight is 262 g/mol. The van der Waals surface area contributed by atoms with E-state index in [1.807, 2.05) is 4.68 Å². The average Bonchev–Trinajstić information content (AvgIpc) is 2.82. The first-order chi connectivity index (χ1) is 9.26. The van der Waals surface area contributed by atoms with Crippen LogP contribution in [0.3, 0.4) is 0 Å². The van der Waals surface area contributed by atoms with Crippen molar-refractivity contribution in [2.24, 2.45) is 5.92 Å². The van der Waals surface area contributed by atoms with Crippen LogP contribution in [0.4, 0.5) is 5.82 Å². The zero-order chi connectivity index (χ0) is 13.7. The number of hydrogen-bond donors (Lipinski definition) is 2. The third-order valence-electron chi connectivity index (χ3n) is 3.45. The van der Waals surface area contributed by atoms with Crippen molar-refractivity contribution in [1.29, 1.82) is 0 Å². The molecule has 0 aliphatic rings. The van der Waals surface area contributed by atoms with Gasteiger partial charge in [0.1, 0.15) is 12.1 Å². The van der Waals surface area contributed by atoms with Crippen LogP contribution in [-0.2, 0) is 6.54 Å². The number of aromatic nitrogens is 4. The van der Waals surface area contributed by atoms with Gasteiger partial charge in [0.15, 0.2) is 5.65 Å². The van der Waals surface area contributed by atoms with Gasteiger partial charge in [0.25, 0.3) is 0 Å². The van der Waals surface area contributed by atoms with Gasteiger partial charge < -0.3 is 11.1 Å². The van der Waals surface area contributed by atoms with Crippen molar-refractivity contribution in [2.75, 3.05) is 18.8 Å². The number of fused-ring (bicyclic) bond motifs is 1. The lowest BCUT2D eigenvalue weighted by Crippen LogP contribution is -2.20. The van der Waals surface area contributed by atoms with Crippen molar-refractivity contribution in [3.05, 3.63) is 12.5 Å². The van der Waals surface area contributed by atoms with Crippen LogP contribution < -0.4 is 11.1 Å². The predicted octanol–water partition coefficient (Wildman–Crippen LogP) is 1.43. The number of anilines is 1. The molecular weight excluding hydrogens is 240 g/mol. The first-order valence-corrected chi connectivity index (χ1v) is 6.89. The van der Waals surface area contributed by atoms with Crippen molar-refractivity contribution in [3.8, 4) is 0 Å². The van der Waals surface area contributed by atoms with Crippen LogP contribution >= 0.6 is 0 Å². The van der Waals surface area contributed by atoms with Gasteiger partial charge in [-0.15, -0.1) is 0 Å². The maximum Gasteiger partial charge on any atom is 0.163 e. The molecule has 2 heterocycles. The van der Waals surface area contributed by atoms with Gasteiger partial charge in [0.2, 0.25) is 0 Å². The van der Waals surface area contributed by atoms with Crippen LogP contribution in [0, 0.1) is 5.92 Å². The number of hydrogen-bond acceptors (Lipinski definition) is 5. The van der Waals surface area contributed by atoms with Crippen molar-refractivity contribution in [3.63, 3.8) is 0 Å². The van der Waals surface area contributed by atoms with Crippen LogP contribution in [0.15, 0.2) is 12.5 Å². The Morgan fingerprint density at radius 2 is 2.21 bits per heavy atom. The lowest BCUT2D eigenvalue weighted by molar-refractivity contribution is 0.381. The van der Waals surface area contributed by atoms with E-state index in [1.54, 1.807) is 6.20 Å². The number of nitrogen functional groups attached to an aromatic ring is 1. The molecule has 104 valence electrons. The third kappa shape index (κ3) is 3.20. The SMILES string of the molecule is CCNCCC(CC)Cn1ncc2c(N)ncnc21. The van der Waals surface area contributed by atoms with E-state index < -0.39 is 0 Å². The molecule has 0 saturated carbocycles. The second kappa shape index (κ2) is 6.47. The summed E-state index contributed by atoms with van der Waals surface area (Å²) >= 11 is 0. The van der Waals surface area contributed by atoms with Crippen molar-refractivity contribution in [1.82, 2.24) is 25.1 Å². The molecule has 0 amide bonds. The summed E-state index contributed by atoms with van der Waals surface area (Å²) in [6.45, 7) is 7.28. The Hall–Kier alpha value is -1.69. The largest absolute Gasteiger partial charge is 0.383 e. The predicted molar refractivity (Wildman–Crippen MR) is 76.7 cm³/mol. The Bertz CT molecular complexity index is 521. The Labute approximate surface area is 113 Å². The Kier molecular flexibility index (Phi) is 4.68. The summed E-state index contributed by atoms with van der Waals surface area (Å²) in [5, 5.41) is 8.59. The highest BCUT2D eigenvalue weighted by Crippen LogP contribution is 2.18. The van der Waals surface area contributed by atoms with Crippen LogP contribution in [0.5, 0.6) is 0 Å². The quantitative estimate of drug-likeness (QED) is 0.738. The highest BCUT2D eigenvalue weighted by Gasteiger charge is 2.12. The Balaban J connectivity index is 2.09. The highest BCUT2D eigenvalue weighted by atomic mass is 15.3. The van der Waals surface area contributed by atoms with Crippen molar-refractivity contribution >= 4 is 16.9 Å². The van der Waals surface area contributed by atoms with E-state index in [0.29, 0.717) is 11.7 Å². The minimum atomic E-state index is 0.497. The zero-order valence-electron chi connectivity index (χ0n) is 11.6. The van der Waals surface area contributed by atoms with E-state index in [0.717, 1.165) is 43.5 Å². The third-order valence-corrected chi connectivity index (χ3v) is 3.45. The van der Waals surface area contributed by atoms with Gasteiger partial charge >= 0.3 is 0 Å². The Morgan fingerprint density at radius 1 is 1.37 bits per heavy atom. The second-order valence-corrected chi connectivity index (χ2v) is 4.74. The normalized spacial score (nSPS) is 12.9. The molecule has 1 unspecified atom stereocenters. The lowest BCUT2D eigenvalue weighted by atomic mass is 10.0. The topological polar surface area (TPSA) is 81.7 Å². The zero-order valence-corrected chi connectivity index (χ0v) is 11.6. The van der Waals surface area contributed by atoms with Gasteiger partial charge in [0, 0.05) is 6.54 Å². The molecular formula is C13H22N6. The summed E-state index contributed by atoms with van der Waals surface area (Å²) in [4.78, 5) is 8.26. The number of nitrogens with one attached hydrogen (secondary N) is 1. The molecule has 0 radical (unpaired) electrons. The molecule has 0 saturated heterocycles. The first kappa shape index (κ1) is 13.7. The molecule has 0 aromatic carbocycles. The number of nitrogens with two attached hydrogens (primary N) is 1. The van der Waals surface area contributed by atoms with E-state index in [4.69, 9.17) is 5.73 Å². The molecule has 0 fully saturated rings. The van der Waals surface area contributed by atoms with Gasteiger partial charge in [-0.1, -0.05) is 20.3 Å². The summed E-state index contributed by atoms with van der Waals surface area (Å²) in [6, 6.07) is 0. The molecule has 0 aliphatic carbocycles. The van der Waals surface area contributed by atoms with Crippen LogP contribution in [0.2, 0.25) is 0 Å². The monoisotopic (exact) mass is 262 g/mol. The smallest absolute Gasteiger partial charge is 0.163 e. The maximum atomic E-state index is 5.82. The molecule has 2 aromatic heterocycles. The second-order valence-electron chi connectivity index (χ2n) is 4.74. The molecule has 6 heteroatoms. The Morgan fingerprint density at radius 3 is 2.95 bits per heavy atom. The van der Waals surface area contributed by atoms with Crippen molar-refractivity contribution < 1.29 is 0 Å². The van der Waals surface area contributed by atoms with Gasteiger partial charge in [-0.05, 0) is 25.4 Å². The molecule has 19 heavy (non-hydrogen) atoms. The molecule has 2 rings (SSSR count). The summed E-state index contributed by atoms with van der Waals surface area (Å²) in [7, 11) is 0. The first-order valence-electron chi connectivity index (χ1n) is 6.89. The number of rotatable bonds is 7. The molecule has 2 aromatic rings. The van der Waals surface area contributed by atoms with E-state index in [1.165, 1.54) is 6.33 Å². The van der Waals surface area contributed by atoms with Gasteiger partial charge in [-0.3, -0.25) is 0 Å². The van der Waals surface area contributed by atoms with E-state index in [2.05, 4.69) is 34.2 Å². The summed E-state index contributed by atoms with van der Waals surface area (Å²) < 4.78 is 1.94. The van der Waals surface area contributed by atoms with Crippen LogP contribution in [-0.4, -0.2) is 32.8 Å². The van der Waals surface area contributed by atoms with Gasteiger partial charge in [-0.2, -0.15) is 5.10 Å². The summed E-state index contributed by atoms with van der Waals surface area (Å²) in [6.07, 6.45) is 5.52. The highest BCUT2D eigenvalue weighted by molar-refractivity contribution is 5.84. The van der Waals surface area contributed by atoms with Crippen molar-refractivity contribution in [2.45, 2.75) is 33.2 Å². The van der Waals surface area contributed by atoms with Crippen LogP contribution in [0.1, 0.15) is 26.7 Å². The van der Waals surface area contributed by atoms with Crippen LogP contribution in [0.25, 0.3) is 11.0 Å². The fourth-order valence-corrected chi connectivity index (χ4v) is 2.20. The lowest BCUT2D eigenvalue weighted by Gasteiger charge is -2.15. The van der Waals surface area contributed by atoms with E-state index in [9.17, 15) is 0 Å². The molecule has 0 bridgehead atoms. The maximum absolute atomic E-state index is 5.82. The minimum Gasteiger partial charge on any atom is -0.383 e. The van der Waals surface area contributed by atoms with Gasteiger partial charge in [-0.25, -0.2) is 14.6 Å². The van der Waals surface area contributed by atoms with E-state index in [-0.39, 0.29) is 0 Å². The minimum absolute atomic E-state index is 0.497. The molecule has 1 atom stereocenters. The molecule has 6 nitrogen and oxygen atoms in total. The van der Waals surface area contributed by atoms with E-state index >= 15 is 0 Å². The fourth-order valence-electron chi connectivity index (χ4n) is 2.20. The fraction of sp³-hybridized carbons (Fsp3) is 0.615. The van der Waals surface area contributed by atoms with Gasteiger partial charge in [0.05, 0.1) is 11.6 Å². The number of nitrogens with zero attached hydrogens (tertiary/aromatic N) is 4. The summed E-state index contributed by atoms with van der Waals surface area (Å²) in [5.41, 5.74) is 6.64. The molecule has 0 aliphatic heterocycles. The summed E-state index contributed by atoms with van der Waals surface area (Å²) in [5.74, 6) is 1.09. The molecule has 0 spiro atoms. The standard InChI is InChI=1S/C13H22N6/c1-3-10(5-6-15-4-2)8-19-13-11(7-18-19)12(14)16-9-17-13/h7,9-10,15H,3-6,8H2,1-2H3,(H2,14,16,17). The molecule has 3 N–H and O–H groups in total.